The van der Waals surface area contributed by atoms with E-state index in [9.17, 15) is 9.59 Å². The summed E-state index contributed by atoms with van der Waals surface area (Å²) in [6, 6.07) is 11.3. The van der Waals surface area contributed by atoms with Crippen LogP contribution in [0.3, 0.4) is 0 Å². The van der Waals surface area contributed by atoms with Gasteiger partial charge in [0, 0.05) is 5.56 Å². The highest BCUT2D eigenvalue weighted by Crippen LogP contribution is 2.24. The minimum atomic E-state index is -1.11. The Labute approximate surface area is 142 Å². The zero-order valence-electron chi connectivity index (χ0n) is 13.9. The molecule has 0 atom stereocenters. The quantitative estimate of drug-likeness (QED) is 0.312. The summed E-state index contributed by atoms with van der Waals surface area (Å²) in [7, 11) is 0. The van der Waals surface area contributed by atoms with Crippen LogP contribution in [0.1, 0.15) is 48.5 Å². The summed E-state index contributed by atoms with van der Waals surface area (Å²) in [4.78, 5) is 22.5. The van der Waals surface area contributed by atoms with Crippen molar-refractivity contribution in [3.05, 3.63) is 66.3 Å². The van der Waals surface area contributed by atoms with Crippen molar-refractivity contribution in [2.24, 2.45) is 0 Å². The molecule has 0 spiro atoms. The van der Waals surface area contributed by atoms with Gasteiger partial charge >= 0.3 is 5.97 Å². The number of hydrogen-bond acceptors (Lipinski definition) is 2. The Morgan fingerprint density at radius 3 is 2.29 bits per heavy atom. The molecule has 3 heteroatoms. The highest BCUT2D eigenvalue weighted by Gasteiger charge is 2.11. The molecule has 3 nitrogen and oxygen atoms in total. The van der Waals surface area contributed by atoms with Gasteiger partial charge in [-0.15, -0.1) is 0 Å². The van der Waals surface area contributed by atoms with Crippen molar-refractivity contribution in [3.63, 3.8) is 0 Å². The van der Waals surface area contributed by atoms with Crippen LogP contribution in [0.5, 0.6) is 0 Å². The van der Waals surface area contributed by atoms with E-state index in [0.717, 1.165) is 41.2 Å². The Morgan fingerprint density at radius 2 is 1.71 bits per heavy atom. The maximum atomic E-state index is 11.9. The number of ketones is 1. The van der Waals surface area contributed by atoms with E-state index in [2.05, 4.69) is 25.6 Å². The van der Waals surface area contributed by atoms with Crippen molar-refractivity contribution in [1.29, 1.82) is 0 Å². The normalized spacial score (nSPS) is 11.5. The van der Waals surface area contributed by atoms with E-state index in [1.807, 2.05) is 24.3 Å². The summed E-state index contributed by atoms with van der Waals surface area (Å²) in [6.07, 6.45) is 6.92. The molecule has 0 aliphatic carbocycles. The molecule has 0 saturated carbocycles. The van der Waals surface area contributed by atoms with Crippen LogP contribution >= 0.6 is 0 Å². The summed E-state index contributed by atoms with van der Waals surface area (Å²) < 4.78 is 0. The van der Waals surface area contributed by atoms with Crippen molar-refractivity contribution in [2.45, 2.75) is 32.6 Å². The Balaban J connectivity index is 2.32. The lowest BCUT2D eigenvalue weighted by Gasteiger charge is -2.07. The molecule has 0 heterocycles. The van der Waals surface area contributed by atoms with Gasteiger partial charge in [-0.2, -0.15) is 0 Å². The van der Waals surface area contributed by atoms with Crippen molar-refractivity contribution in [3.8, 4) is 0 Å². The number of hydrogen-bond donors (Lipinski definition) is 1. The van der Waals surface area contributed by atoms with Crippen molar-refractivity contribution in [1.82, 2.24) is 0 Å². The van der Waals surface area contributed by atoms with E-state index in [1.54, 1.807) is 12.1 Å². The molecule has 2 rings (SSSR count). The van der Waals surface area contributed by atoms with Crippen LogP contribution in [-0.4, -0.2) is 16.9 Å². The van der Waals surface area contributed by atoms with E-state index in [4.69, 9.17) is 5.11 Å². The number of carbonyl (C=O) groups is 2. The highest BCUT2D eigenvalue weighted by atomic mass is 16.4. The topological polar surface area (TPSA) is 54.4 Å². The largest absolute Gasteiger partial charge is 0.481 e. The molecule has 0 bridgehead atoms. The van der Waals surface area contributed by atoms with E-state index in [1.165, 1.54) is 0 Å². The molecule has 0 fully saturated rings. The van der Waals surface area contributed by atoms with E-state index in [0.29, 0.717) is 5.56 Å². The number of unbranched alkanes of at least 4 members (excludes halogenated alkanes) is 2. The van der Waals surface area contributed by atoms with Crippen LogP contribution in [0.2, 0.25) is 0 Å². The smallest absolute Gasteiger partial charge is 0.311 e. The van der Waals surface area contributed by atoms with Crippen LogP contribution in [0.25, 0.3) is 16.3 Å². The average molecular weight is 322 g/mol. The Bertz CT molecular complexity index is 800. The molecular weight excluding hydrogens is 300 g/mol. The second-order valence-electron chi connectivity index (χ2n) is 5.78. The minimum absolute atomic E-state index is 0.375. The first-order valence-electron chi connectivity index (χ1n) is 8.17. The third-order valence-corrected chi connectivity index (χ3v) is 3.95. The van der Waals surface area contributed by atoms with Gasteiger partial charge in [0.05, 0.1) is 0 Å². The van der Waals surface area contributed by atoms with Gasteiger partial charge in [-0.1, -0.05) is 62.8 Å². The fourth-order valence-corrected chi connectivity index (χ4v) is 2.62. The van der Waals surface area contributed by atoms with Crippen LogP contribution < -0.4 is 0 Å². The molecule has 0 unspecified atom stereocenters. The van der Waals surface area contributed by atoms with Gasteiger partial charge in [0.2, 0.25) is 0 Å². The van der Waals surface area contributed by atoms with Crippen molar-refractivity contribution >= 4 is 28.1 Å². The lowest BCUT2D eigenvalue weighted by Crippen LogP contribution is -2.06. The summed E-state index contributed by atoms with van der Waals surface area (Å²) in [6.45, 7) is 6.06. The summed E-state index contributed by atoms with van der Waals surface area (Å²) in [5.74, 6) is -1.48. The van der Waals surface area contributed by atoms with Crippen LogP contribution in [0.4, 0.5) is 0 Å². The number of Topliss-reactive ketones (excluding diaryl/α,β-unsaturated/α-hetero) is 1. The number of fused-ring (bicyclic) bond motifs is 1. The van der Waals surface area contributed by atoms with Crippen molar-refractivity contribution in [2.75, 3.05) is 0 Å². The van der Waals surface area contributed by atoms with Gasteiger partial charge in [-0.3, -0.25) is 9.59 Å². The first-order valence-corrected chi connectivity index (χ1v) is 8.17. The van der Waals surface area contributed by atoms with E-state index >= 15 is 0 Å². The van der Waals surface area contributed by atoms with Crippen LogP contribution in [0.15, 0.2) is 55.1 Å². The maximum absolute atomic E-state index is 11.9. The van der Waals surface area contributed by atoms with Gasteiger partial charge in [0.15, 0.2) is 5.78 Å². The van der Waals surface area contributed by atoms with E-state index in [-0.39, 0.29) is 5.78 Å². The van der Waals surface area contributed by atoms with Gasteiger partial charge in [-0.25, -0.2) is 0 Å². The summed E-state index contributed by atoms with van der Waals surface area (Å²) >= 11 is 0. The fourth-order valence-electron chi connectivity index (χ4n) is 2.62. The standard InChI is InChI=1S/C21H22O3/c1-3-5-6-7-15(4-2)16-8-9-18-13-19(11-10-17(18)12-16)20(22)14-21(23)24/h4,7-13H,2-3,5-6,14H2,1H3,(H,23,24). The number of aliphatic carboxylic acids is 1. The molecule has 0 radical (unpaired) electrons. The number of carboxylic acids is 1. The number of carbonyl (C=O) groups excluding carboxylic acids is 1. The second kappa shape index (κ2) is 8.25. The Morgan fingerprint density at radius 1 is 1.08 bits per heavy atom. The number of benzene rings is 2. The lowest BCUT2D eigenvalue weighted by molar-refractivity contribution is -0.135. The number of carboxylic acid groups (broad SMARTS) is 1. The third kappa shape index (κ3) is 4.42. The zero-order valence-corrected chi connectivity index (χ0v) is 13.9. The molecule has 24 heavy (non-hydrogen) atoms. The average Bonchev–Trinajstić information content (AvgIpc) is 2.57. The molecule has 1 N–H and O–H groups in total. The molecule has 0 aromatic heterocycles. The fraction of sp³-hybridized carbons (Fsp3) is 0.238. The number of allylic oxidation sites excluding steroid dienone is 3. The zero-order chi connectivity index (χ0) is 17.5. The predicted octanol–water partition coefficient (Wildman–Crippen LogP) is 5.26. The first kappa shape index (κ1) is 17.7. The van der Waals surface area contributed by atoms with Crippen LogP contribution in [0, 0.1) is 0 Å². The van der Waals surface area contributed by atoms with Crippen molar-refractivity contribution < 1.29 is 14.7 Å². The lowest BCUT2D eigenvalue weighted by atomic mass is 9.97. The molecular formula is C21H22O3. The second-order valence-corrected chi connectivity index (χ2v) is 5.78. The Kier molecular flexibility index (Phi) is 6.07. The van der Waals surface area contributed by atoms with Gasteiger partial charge in [0.25, 0.3) is 0 Å². The Hall–Kier alpha value is -2.68. The third-order valence-electron chi connectivity index (χ3n) is 3.95. The molecule has 0 aliphatic rings. The van der Waals surface area contributed by atoms with Crippen LogP contribution in [-0.2, 0) is 4.79 Å². The molecule has 124 valence electrons. The highest BCUT2D eigenvalue weighted by molar-refractivity contribution is 6.07. The maximum Gasteiger partial charge on any atom is 0.311 e. The van der Waals surface area contributed by atoms with Gasteiger partial charge in [-0.05, 0) is 40.5 Å². The monoisotopic (exact) mass is 322 g/mol. The molecule has 2 aromatic rings. The SMILES string of the molecule is C=CC(=CCCCC)c1ccc2cc(C(=O)CC(=O)O)ccc2c1. The summed E-state index contributed by atoms with van der Waals surface area (Å²) in [5, 5.41) is 10.7. The number of rotatable bonds is 8. The summed E-state index contributed by atoms with van der Waals surface area (Å²) in [5.41, 5.74) is 2.63. The molecule has 0 amide bonds. The van der Waals surface area contributed by atoms with Gasteiger partial charge in [0.1, 0.15) is 6.42 Å². The molecule has 0 aliphatic heterocycles. The molecule has 0 saturated heterocycles. The minimum Gasteiger partial charge on any atom is -0.481 e. The van der Waals surface area contributed by atoms with E-state index < -0.39 is 12.4 Å². The first-order chi connectivity index (χ1) is 11.5. The predicted molar refractivity (Wildman–Crippen MR) is 98.2 cm³/mol. The van der Waals surface area contributed by atoms with Gasteiger partial charge < -0.3 is 5.11 Å². The molecule has 2 aromatic carbocycles.